The van der Waals surface area contributed by atoms with Gasteiger partial charge in [0.1, 0.15) is 11.9 Å². The minimum absolute atomic E-state index is 0.0119. The van der Waals surface area contributed by atoms with Crippen molar-refractivity contribution in [3.63, 3.8) is 0 Å². The molecule has 1 heterocycles. The summed E-state index contributed by atoms with van der Waals surface area (Å²) < 4.78 is 6.29. The molecule has 2 nitrogen and oxygen atoms in total. The van der Waals surface area contributed by atoms with Crippen LogP contribution in [0.1, 0.15) is 17.2 Å². The lowest BCUT2D eigenvalue weighted by atomic mass is 9.90. The number of hydrogen-bond donors (Lipinski definition) is 1. The van der Waals surface area contributed by atoms with E-state index < -0.39 is 0 Å². The van der Waals surface area contributed by atoms with E-state index in [1.54, 1.807) is 0 Å². The molecule has 110 valence electrons. The Morgan fingerprint density at radius 3 is 2.48 bits per heavy atom. The van der Waals surface area contributed by atoms with Crippen LogP contribution in [0.4, 0.5) is 0 Å². The Balaban J connectivity index is 1.90. The van der Waals surface area contributed by atoms with Gasteiger partial charge in [0.25, 0.3) is 0 Å². The molecule has 2 aromatic carbocycles. The first-order chi connectivity index (χ1) is 10.1. The van der Waals surface area contributed by atoms with E-state index in [0.29, 0.717) is 16.0 Å². The summed E-state index contributed by atoms with van der Waals surface area (Å²) in [6.45, 7) is 3.97. The third kappa shape index (κ3) is 3.18. The van der Waals surface area contributed by atoms with E-state index in [9.17, 15) is 0 Å². The first-order valence-corrected chi connectivity index (χ1v) is 7.78. The second-order valence-electron chi connectivity index (χ2n) is 5.40. The first kappa shape index (κ1) is 14.7. The molecule has 1 saturated heterocycles. The Hall–Kier alpha value is -1.22. The highest BCUT2D eigenvalue weighted by molar-refractivity contribution is 6.42. The van der Waals surface area contributed by atoms with Crippen molar-refractivity contribution in [2.45, 2.75) is 13.0 Å². The molecule has 2 aromatic rings. The summed E-state index contributed by atoms with van der Waals surface area (Å²) in [5.74, 6) is 1.36. The number of benzene rings is 2. The van der Waals surface area contributed by atoms with Gasteiger partial charge in [0.05, 0.1) is 10.0 Å². The summed E-state index contributed by atoms with van der Waals surface area (Å²) in [6, 6.07) is 13.8. The van der Waals surface area contributed by atoms with Gasteiger partial charge in [0.15, 0.2) is 0 Å². The molecule has 1 fully saturated rings. The fraction of sp³-hybridized carbons (Fsp3) is 0.294. The van der Waals surface area contributed by atoms with Gasteiger partial charge < -0.3 is 10.1 Å². The summed E-state index contributed by atoms with van der Waals surface area (Å²) in [4.78, 5) is 0. The highest BCUT2D eigenvalue weighted by atomic mass is 35.5. The van der Waals surface area contributed by atoms with Gasteiger partial charge in [0, 0.05) is 19.0 Å². The SMILES string of the molecule is Cc1ccccc1O[C@@H](c1ccc(Cl)c(Cl)c1)C1CNC1. The van der Waals surface area contributed by atoms with Crippen LogP contribution in [0, 0.1) is 12.8 Å². The number of para-hydroxylation sites is 1. The average molecular weight is 322 g/mol. The molecular formula is C17H17Cl2NO. The summed E-state index contributed by atoms with van der Waals surface area (Å²) in [6.07, 6.45) is -0.0119. The molecule has 4 heteroatoms. The maximum absolute atomic E-state index is 6.29. The van der Waals surface area contributed by atoms with Crippen molar-refractivity contribution in [2.24, 2.45) is 5.92 Å². The molecule has 1 atom stereocenters. The number of aryl methyl sites for hydroxylation is 1. The minimum atomic E-state index is -0.0119. The van der Waals surface area contributed by atoms with Gasteiger partial charge in [-0.15, -0.1) is 0 Å². The number of nitrogens with one attached hydrogen (secondary N) is 1. The van der Waals surface area contributed by atoms with Crippen LogP contribution < -0.4 is 10.1 Å². The van der Waals surface area contributed by atoms with E-state index in [1.165, 1.54) is 0 Å². The third-order valence-electron chi connectivity index (χ3n) is 3.86. The van der Waals surface area contributed by atoms with Crippen molar-refractivity contribution in [3.05, 3.63) is 63.6 Å². The summed E-state index contributed by atoms with van der Waals surface area (Å²) in [5.41, 5.74) is 2.20. The second kappa shape index (κ2) is 6.27. The van der Waals surface area contributed by atoms with Crippen LogP contribution in [0.3, 0.4) is 0 Å². The van der Waals surface area contributed by atoms with Gasteiger partial charge in [-0.3, -0.25) is 0 Å². The average Bonchev–Trinajstić information content (AvgIpc) is 2.41. The van der Waals surface area contributed by atoms with E-state index in [-0.39, 0.29) is 6.10 Å². The van der Waals surface area contributed by atoms with Crippen molar-refractivity contribution in [1.29, 1.82) is 0 Å². The highest BCUT2D eigenvalue weighted by Gasteiger charge is 2.30. The van der Waals surface area contributed by atoms with E-state index in [1.807, 2.05) is 36.4 Å². The molecule has 1 aliphatic heterocycles. The molecule has 0 aliphatic carbocycles. The largest absolute Gasteiger partial charge is 0.485 e. The minimum Gasteiger partial charge on any atom is -0.485 e. The lowest BCUT2D eigenvalue weighted by Gasteiger charge is -2.35. The van der Waals surface area contributed by atoms with Crippen LogP contribution in [0.15, 0.2) is 42.5 Å². The Bertz CT molecular complexity index is 640. The van der Waals surface area contributed by atoms with E-state index in [2.05, 4.69) is 18.3 Å². The van der Waals surface area contributed by atoms with Crippen LogP contribution in [0.2, 0.25) is 10.0 Å². The lowest BCUT2D eigenvalue weighted by molar-refractivity contribution is 0.0986. The maximum atomic E-state index is 6.29. The fourth-order valence-electron chi connectivity index (χ4n) is 2.48. The lowest BCUT2D eigenvalue weighted by Crippen LogP contribution is -2.46. The molecule has 0 bridgehead atoms. The third-order valence-corrected chi connectivity index (χ3v) is 4.60. The number of halogens is 2. The standard InChI is InChI=1S/C17H17Cl2NO/c1-11-4-2-3-5-16(11)21-17(13-9-20-10-13)12-6-7-14(18)15(19)8-12/h2-8,13,17,20H,9-10H2,1H3/t17-/m0/s1. The summed E-state index contributed by atoms with van der Waals surface area (Å²) in [5, 5.41) is 4.44. The molecule has 0 unspecified atom stereocenters. The van der Waals surface area contributed by atoms with Crippen molar-refractivity contribution in [2.75, 3.05) is 13.1 Å². The maximum Gasteiger partial charge on any atom is 0.129 e. The summed E-state index contributed by atoms with van der Waals surface area (Å²) in [7, 11) is 0. The van der Waals surface area contributed by atoms with Crippen LogP contribution in [0.5, 0.6) is 5.75 Å². The van der Waals surface area contributed by atoms with Crippen LogP contribution in [0.25, 0.3) is 0 Å². The highest BCUT2D eigenvalue weighted by Crippen LogP contribution is 2.34. The smallest absolute Gasteiger partial charge is 0.129 e. The number of hydrogen-bond acceptors (Lipinski definition) is 2. The van der Waals surface area contributed by atoms with Crippen molar-refractivity contribution in [1.82, 2.24) is 5.32 Å². The molecule has 3 rings (SSSR count). The molecule has 0 saturated carbocycles. The van der Waals surface area contributed by atoms with E-state index >= 15 is 0 Å². The Morgan fingerprint density at radius 2 is 1.86 bits per heavy atom. The zero-order chi connectivity index (χ0) is 14.8. The second-order valence-corrected chi connectivity index (χ2v) is 6.21. The van der Waals surface area contributed by atoms with Crippen molar-refractivity contribution >= 4 is 23.2 Å². The molecule has 0 spiro atoms. The summed E-state index contributed by atoms with van der Waals surface area (Å²) >= 11 is 12.2. The molecular weight excluding hydrogens is 305 g/mol. The predicted molar refractivity (Wildman–Crippen MR) is 87.4 cm³/mol. The van der Waals surface area contributed by atoms with Gasteiger partial charge in [-0.05, 0) is 36.2 Å². The topological polar surface area (TPSA) is 21.3 Å². The van der Waals surface area contributed by atoms with E-state index in [0.717, 1.165) is 30.0 Å². The molecule has 0 amide bonds. The van der Waals surface area contributed by atoms with E-state index in [4.69, 9.17) is 27.9 Å². The Morgan fingerprint density at radius 1 is 1.10 bits per heavy atom. The fourth-order valence-corrected chi connectivity index (χ4v) is 2.78. The number of rotatable bonds is 4. The van der Waals surface area contributed by atoms with Gasteiger partial charge in [-0.2, -0.15) is 0 Å². The van der Waals surface area contributed by atoms with Gasteiger partial charge >= 0.3 is 0 Å². The molecule has 1 N–H and O–H groups in total. The molecule has 0 radical (unpaired) electrons. The zero-order valence-electron chi connectivity index (χ0n) is 11.8. The first-order valence-electron chi connectivity index (χ1n) is 7.03. The molecule has 1 aliphatic rings. The predicted octanol–water partition coefficient (Wildman–Crippen LogP) is 4.64. The van der Waals surface area contributed by atoms with Gasteiger partial charge in [-0.25, -0.2) is 0 Å². The van der Waals surface area contributed by atoms with Gasteiger partial charge in [-0.1, -0.05) is 47.5 Å². The Kier molecular flexibility index (Phi) is 4.39. The molecule has 0 aromatic heterocycles. The normalized spacial score (nSPS) is 16.3. The monoisotopic (exact) mass is 321 g/mol. The number of ether oxygens (including phenoxy) is 1. The Labute approximate surface area is 135 Å². The van der Waals surface area contributed by atoms with Crippen LogP contribution in [-0.4, -0.2) is 13.1 Å². The van der Waals surface area contributed by atoms with Crippen molar-refractivity contribution in [3.8, 4) is 5.75 Å². The van der Waals surface area contributed by atoms with Crippen molar-refractivity contribution < 1.29 is 4.74 Å². The molecule has 21 heavy (non-hydrogen) atoms. The quantitative estimate of drug-likeness (QED) is 0.885. The van der Waals surface area contributed by atoms with Crippen LogP contribution >= 0.6 is 23.2 Å². The zero-order valence-corrected chi connectivity index (χ0v) is 13.3. The van der Waals surface area contributed by atoms with Gasteiger partial charge in [0.2, 0.25) is 0 Å². The van der Waals surface area contributed by atoms with Crippen LogP contribution in [-0.2, 0) is 0 Å².